The minimum atomic E-state index is -0.574. The van der Waals surface area contributed by atoms with Crippen molar-refractivity contribution in [1.29, 1.82) is 0 Å². The summed E-state index contributed by atoms with van der Waals surface area (Å²) in [5.74, 6) is 0.0962. The average molecular weight is 423 g/mol. The van der Waals surface area contributed by atoms with Crippen molar-refractivity contribution in [2.45, 2.75) is 13.5 Å². The molecule has 0 atom stereocenters. The van der Waals surface area contributed by atoms with Crippen molar-refractivity contribution in [2.24, 2.45) is 7.05 Å². The van der Waals surface area contributed by atoms with Crippen LogP contribution < -0.4 is 20.9 Å². The van der Waals surface area contributed by atoms with Gasteiger partial charge in [-0.2, -0.15) is 0 Å². The van der Waals surface area contributed by atoms with E-state index >= 15 is 0 Å². The van der Waals surface area contributed by atoms with Gasteiger partial charge in [-0.05, 0) is 25.1 Å². The molecule has 9 nitrogen and oxygen atoms in total. The highest BCUT2D eigenvalue weighted by Crippen LogP contribution is 2.19. The highest BCUT2D eigenvalue weighted by molar-refractivity contribution is 5.82. The summed E-state index contributed by atoms with van der Waals surface area (Å²) in [6.07, 6.45) is 1.49. The second-order valence-electron chi connectivity index (χ2n) is 7.38. The van der Waals surface area contributed by atoms with E-state index in [4.69, 9.17) is 4.74 Å². The van der Waals surface area contributed by atoms with Crippen molar-refractivity contribution in [2.75, 3.05) is 37.7 Å². The number of hydrogen-bond donors (Lipinski definition) is 0. The molecule has 0 aliphatic carbocycles. The van der Waals surface area contributed by atoms with Crippen molar-refractivity contribution in [3.63, 3.8) is 0 Å². The standard InChI is InChI=1S/C22H25N5O4/c1-3-31-17-9-10-23-20-19(17)21(29)27(22(30)24(20)2)15-18(28)26-13-11-25(12-14-26)16-7-5-4-6-8-16/h4-10H,3,11-15H2,1-2H3. The maximum atomic E-state index is 13.1. The normalized spacial score (nSPS) is 14.1. The summed E-state index contributed by atoms with van der Waals surface area (Å²) in [7, 11) is 1.53. The van der Waals surface area contributed by atoms with Gasteiger partial charge in [0.15, 0.2) is 5.65 Å². The Hall–Kier alpha value is -3.62. The lowest BCUT2D eigenvalue weighted by molar-refractivity contribution is -0.132. The third-order valence-corrected chi connectivity index (χ3v) is 5.53. The molecule has 0 N–H and O–H groups in total. The third-order valence-electron chi connectivity index (χ3n) is 5.53. The third kappa shape index (κ3) is 3.90. The number of amides is 1. The first kappa shape index (κ1) is 20.6. The monoisotopic (exact) mass is 423 g/mol. The predicted octanol–water partition coefficient (Wildman–Crippen LogP) is 0.843. The Labute approximate surface area is 179 Å². The van der Waals surface area contributed by atoms with Gasteiger partial charge in [-0.1, -0.05) is 18.2 Å². The second kappa shape index (κ2) is 8.63. The fraction of sp³-hybridized carbons (Fsp3) is 0.364. The van der Waals surface area contributed by atoms with E-state index < -0.39 is 11.2 Å². The Morgan fingerprint density at radius 3 is 2.45 bits per heavy atom. The van der Waals surface area contributed by atoms with Crippen LogP contribution in [0.1, 0.15) is 6.92 Å². The number of ether oxygens (including phenoxy) is 1. The second-order valence-corrected chi connectivity index (χ2v) is 7.38. The van der Waals surface area contributed by atoms with E-state index in [1.54, 1.807) is 11.0 Å². The molecular formula is C22H25N5O4. The molecule has 1 aliphatic rings. The van der Waals surface area contributed by atoms with Crippen LogP contribution in [0.2, 0.25) is 0 Å². The first-order chi connectivity index (χ1) is 15.0. The van der Waals surface area contributed by atoms with Gasteiger partial charge in [-0.25, -0.2) is 14.3 Å². The van der Waals surface area contributed by atoms with Crippen molar-refractivity contribution < 1.29 is 9.53 Å². The maximum Gasteiger partial charge on any atom is 0.332 e. The SMILES string of the molecule is CCOc1ccnc2c1c(=O)n(CC(=O)N1CCN(c3ccccc3)CC1)c(=O)n2C. The number of piperazine rings is 1. The number of fused-ring (bicyclic) bond motifs is 1. The molecule has 3 heterocycles. The van der Waals surface area contributed by atoms with E-state index in [0.717, 1.165) is 10.3 Å². The van der Waals surface area contributed by atoms with Crippen molar-refractivity contribution in [3.05, 3.63) is 63.4 Å². The Morgan fingerprint density at radius 1 is 1.06 bits per heavy atom. The number of para-hydroxylation sites is 1. The van der Waals surface area contributed by atoms with E-state index in [2.05, 4.69) is 9.88 Å². The minimum Gasteiger partial charge on any atom is -0.493 e. The van der Waals surface area contributed by atoms with Crippen molar-refractivity contribution >= 4 is 22.6 Å². The first-order valence-electron chi connectivity index (χ1n) is 10.3. The van der Waals surface area contributed by atoms with Gasteiger partial charge in [0.05, 0.1) is 6.61 Å². The van der Waals surface area contributed by atoms with Crippen LogP contribution in [0.3, 0.4) is 0 Å². The van der Waals surface area contributed by atoms with Crippen LogP contribution in [0, 0.1) is 0 Å². The molecule has 1 aromatic carbocycles. The molecule has 0 spiro atoms. The van der Waals surface area contributed by atoms with E-state index in [0.29, 0.717) is 38.5 Å². The topological polar surface area (TPSA) is 89.7 Å². The number of carbonyl (C=O) groups is 1. The Morgan fingerprint density at radius 2 is 1.77 bits per heavy atom. The van der Waals surface area contributed by atoms with Crippen LogP contribution in [0.15, 0.2) is 52.2 Å². The number of carbonyl (C=O) groups excluding carboxylic acids is 1. The van der Waals surface area contributed by atoms with Crippen molar-refractivity contribution in [3.8, 4) is 5.75 Å². The Kier molecular flexibility index (Phi) is 5.75. The Bertz CT molecular complexity index is 1210. The fourth-order valence-corrected chi connectivity index (χ4v) is 3.89. The molecule has 162 valence electrons. The molecule has 2 aromatic heterocycles. The molecule has 0 saturated carbocycles. The summed E-state index contributed by atoms with van der Waals surface area (Å²) in [4.78, 5) is 46.9. The highest BCUT2D eigenvalue weighted by atomic mass is 16.5. The predicted molar refractivity (Wildman–Crippen MR) is 118 cm³/mol. The lowest BCUT2D eigenvalue weighted by Gasteiger charge is -2.36. The maximum absolute atomic E-state index is 13.1. The average Bonchev–Trinajstić information content (AvgIpc) is 2.81. The summed E-state index contributed by atoms with van der Waals surface area (Å²) in [5.41, 5.74) is 0.215. The van der Waals surface area contributed by atoms with E-state index in [-0.39, 0.29) is 23.5 Å². The first-order valence-corrected chi connectivity index (χ1v) is 10.3. The lowest BCUT2D eigenvalue weighted by Crippen LogP contribution is -2.51. The highest BCUT2D eigenvalue weighted by Gasteiger charge is 2.24. The number of pyridine rings is 1. The zero-order valence-electron chi connectivity index (χ0n) is 17.7. The lowest BCUT2D eigenvalue weighted by atomic mass is 10.2. The molecule has 1 saturated heterocycles. The van der Waals surface area contributed by atoms with Gasteiger partial charge in [0.25, 0.3) is 5.56 Å². The van der Waals surface area contributed by atoms with Crippen LogP contribution in [-0.2, 0) is 18.4 Å². The van der Waals surface area contributed by atoms with Gasteiger partial charge in [0.1, 0.15) is 17.7 Å². The zero-order chi connectivity index (χ0) is 22.0. The van der Waals surface area contributed by atoms with Crippen LogP contribution >= 0.6 is 0 Å². The van der Waals surface area contributed by atoms with Crippen LogP contribution in [0.4, 0.5) is 5.69 Å². The molecule has 0 unspecified atom stereocenters. The smallest absolute Gasteiger partial charge is 0.332 e. The molecule has 3 aromatic rings. The van der Waals surface area contributed by atoms with Gasteiger partial charge < -0.3 is 14.5 Å². The van der Waals surface area contributed by atoms with Gasteiger partial charge in [-0.3, -0.25) is 14.2 Å². The quantitative estimate of drug-likeness (QED) is 0.604. The number of nitrogens with zero attached hydrogens (tertiary/aromatic N) is 5. The molecule has 0 bridgehead atoms. The molecule has 4 rings (SSSR count). The number of hydrogen-bond acceptors (Lipinski definition) is 6. The molecule has 0 radical (unpaired) electrons. The molecule has 31 heavy (non-hydrogen) atoms. The summed E-state index contributed by atoms with van der Waals surface area (Å²) in [6.45, 7) is 4.31. The number of anilines is 1. The minimum absolute atomic E-state index is 0.202. The van der Waals surface area contributed by atoms with E-state index in [1.165, 1.54) is 17.8 Å². The number of benzene rings is 1. The molecule has 1 fully saturated rings. The van der Waals surface area contributed by atoms with Gasteiger partial charge >= 0.3 is 5.69 Å². The number of aryl methyl sites for hydroxylation is 1. The molecule has 9 heteroatoms. The summed E-state index contributed by atoms with van der Waals surface area (Å²) in [5, 5.41) is 0.202. The molecular weight excluding hydrogens is 398 g/mol. The summed E-state index contributed by atoms with van der Waals surface area (Å²) in [6, 6.07) is 11.6. The van der Waals surface area contributed by atoms with Gasteiger partial charge in [-0.15, -0.1) is 0 Å². The summed E-state index contributed by atoms with van der Waals surface area (Å²) >= 11 is 0. The fourth-order valence-electron chi connectivity index (χ4n) is 3.89. The van der Waals surface area contributed by atoms with Gasteiger partial charge in [0, 0.05) is 45.1 Å². The van der Waals surface area contributed by atoms with Crippen LogP contribution in [0.25, 0.3) is 11.0 Å². The zero-order valence-corrected chi connectivity index (χ0v) is 17.7. The van der Waals surface area contributed by atoms with Gasteiger partial charge in [0.2, 0.25) is 5.91 Å². The van der Waals surface area contributed by atoms with Crippen LogP contribution in [0.5, 0.6) is 5.75 Å². The Balaban J connectivity index is 1.57. The molecule has 1 aliphatic heterocycles. The number of rotatable bonds is 5. The molecule has 1 amide bonds. The van der Waals surface area contributed by atoms with Crippen LogP contribution in [-0.4, -0.2) is 57.7 Å². The van der Waals surface area contributed by atoms with E-state index in [1.807, 2.05) is 37.3 Å². The van der Waals surface area contributed by atoms with E-state index in [9.17, 15) is 14.4 Å². The summed E-state index contributed by atoms with van der Waals surface area (Å²) < 4.78 is 7.80. The van der Waals surface area contributed by atoms with Crippen molar-refractivity contribution in [1.82, 2.24) is 19.0 Å². The number of aromatic nitrogens is 3. The largest absolute Gasteiger partial charge is 0.493 e.